The van der Waals surface area contributed by atoms with Gasteiger partial charge in [0.25, 0.3) is 5.91 Å². The van der Waals surface area contributed by atoms with Crippen molar-refractivity contribution in [2.24, 2.45) is 0 Å². The molecule has 0 aliphatic rings. The Balaban J connectivity index is 3.09. The molecule has 0 unspecified atom stereocenters. The van der Waals surface area contributed by atoms with Gasteiger partial charge in [0.15, 0.2) is 11.5 Å². The Labute approximate surface area is 142 Å². The van der Waals surface area contributed by atoms with Crippen molar-refractivity contribution >= 4 is 11.8 Å². The molecule has 0 atom stereocenters. The van der Waals surface area contributed by atoms with Crippen molar-refractivity contribution in [1.82, 2.24) is 10.2 Å². The highest BCUT2D eigenvalue weighted by Gasteiger charge is 2.18. The summed E-state index contributed by atoms with van der Waals surface area (Å²) in [5.74, 6) is 0.783. The monoisotopic (exact) mass is 338 g/mol. The van der Waals surface area contributed by atoms with Crippen LogP contribution in [0.4, 0.5) is 0 Å². The van der Waals surface area contributed by atoms with E-state index in [1.165, 1.54) is 4.90 Å². The zero-order valence-corrected chi connectivity index (χ0v) is 15.0. The summed E-state index contributed by atoms with van der Waals surface area (Å²) in [6.45, 7) is 6.78. The summed E-state index contributed by atoms with van der Waals surface area (Å²) in [7, 11) is 3.26. The molecule has 0 spiro atoms. The number of benzene rings is 1. The van der Waals surface area contributed by atoms with Gasteiger partial charge in [0, 0.05) is 19.7 Å². The molecule has 0 aliphatic heterocycles. The first-order chi connectivity index (χ1) is 11.4. The van der Waals surface area contributed by atoms with Gasteiger partial charge in [0.1, 0.15) is 0 Å². The largest absolute Gasteiger partial charge is 0.490 e. The lowest BCUT2D eigenvalue weighted by Gasteiger charge is -2.17. The molecular weight excluding hydrogens is 312 g/mol. The minimum absolute atomic E-state index is 0.0764. The van der Waals surface area contributed by atoms with Gasteiger partial charge in [-0.2, -0.15) is 0 Å². The Kier molecular flexibility index (Phi) is 7.88. The Morgan fingerprint density at radius 1 is 0.958 bits per heavy atom. The van der Waals surface area contributed by atoms with Crippen molar-refractivity contribution in [2.45, 2.75) is 20.8 Å². The number of rotatable bonds is 9. The van der Waals surface area contributed by atoms with E-state index in [9.17, 15) is 9.59 Å². The summed E-state index contributed by atoms with van der Waals surface area (Å²) in [5, 5.41) is 2.59. The smallest absolute Gasteiger partial charge is 0.251 e. The highest BCUT2D eigenvalue weighted by atomic mass is 16.5. The summed E-state index contributed by atoms with van der Waals surface area (Å²) in [6.07, 6.45) is 0. The van der Waals surface area contributed by atoms with Crippen LogP contribution in [0.5, 0.6) is 17.2 Å². The second-order valence-corrected chi connectivity index (χ2v) is 5.07. The first-order valence-corrected chi connectivity index (χ1v) is 7.99. The molecule has 1 aromatic carbocycles. The highest BCUT2D eigenvalue weighted by molar-refractivity contribution is 5.97. The summed E-state index contributed by atoms with van der Waals surface area (Å²) in [5.41, 5.74) is 0.344. The van der Waals surface area contributed by atoms with Crippen LogP contribution in [0.15, 0.2) is 12.1 Å². The maximum atomic E-state index is 12.3. The lowest BCUT2D eigenvalue weighted by molar-refractivity contribution is -0.127. The molecule has 2 amide bonds. The molecule has 7 nitrogen and oxygen atoms in total. The van der Waals surface area contributed by atoms with Crippen molar-refractivity contribution in [3.8, 4) is 17.2 Å². The average molecular weight is 338 g/mol. The number of hydrogen-bond acceptors (Lipinski definition) is 5. The van der Waals surface area contributed by atoms with E-state index in [1.807, 2.05) is 20.8 Å². The number of likely N-dealkylation sites (N-methyl/N-ethyl adjacent to an activating group) is 1. The van der Waals surface area contributed by atoms with Crippen molar-refractivity contribution in [2.75, 3.05) is 40.5 Å². The van der Waals surface area contributed by atoms with Gasteiger partial charge in [0.2, 0.25) is 11.7 Å². The average Bonchev–Trinajstić information content (AvgIpc) is 2.55. The topological polar surface area (TPSA) is 77.1 Å². The number of hydrogen-bond donors (Lipinski definition) is 1. The van der Waals surface area contributed by atoms with Crippen LogP contribution in [0.2, 0.25) is 0 Å². The Morgan fingerprint density at radius 2 is 1.46 bits per heavy atom. The van der Waals surface area contributed by atoms with E-state index >= 15 is 0 Å². The molecule has 0 aliphatic carbocycles. The van der Waals surface area contributed by atoms with Gasteiger partial charge in [0.05, 0.1) is 26.4 Å². The number of carbonyl (C=O) groups excluding carboxylic acids is 2. The van der Waals surface area contributed by atoms with Crippen LogP contribution in [-0.4, -0.2) is 57.2 Å². The number of ether oxygens (including phenoxy) is 3. The maximum Gasteiger partial charge on any atom is 0.251 e. The molecule has 1 rings (SSSR count). The lowest BCUT2D eigenvalue weighted by Crippen LogP contribution is -2.36. The van der Waals surface area contributed by atoms with Crippen LogP contribution in [0, 0.1) is 0 Å². The Hall–Kier alpha value is -2.44. The number of nitrogens with one attached hydrogen (secondary N) is 1. The van der Waals surface area contributed by atoms with Crippen molar-refractivity contribution in [1.29, 1.82) is 0 Å². The molecule has 0 saturated heterocycles. The van der Waals surface area contributed by atoms with Crippen LogP contribution >= 0.6 is 0 Å². The molecular formula is C17H26N2O5. The van der Waals surface area contributed by atoms with E-state index in [4.69, 9.17) is 14.2 Å². The normalized spacial score (nSPS) is 10.0. The molecule has 1 N–H and O–H groups in total. The van der Waals surface area contributed by atoms with Crippen molar-refractivity contribution in [3.63, 3.8) is 0 Å². The molecule has 24 heavy (non-hydrogen) atoms. The van der Waals surface area contributed by atoms with E-state index in [2.05, 4.69) is 5.32 Å². The van der Waals surface area contributed by atoms with Crippen molar-refractivity contribution in [3.05, 3.63) is 17.7 Å². The minimum Gasteiger partial charge on any atom is -0.490 e. The van der Waals surface area contributed by atoms with Gasteiger partial charge in [-0.1, -0.05) is 0 Å². The van der Waals surface area contributed by atoms with Gasteiger partial charge >= 0.3 is 0 Å². The summed E-state index contributed by atoms with van der Waals surface area (Å²) in [6, 6.07) is 3.18. The minimum atomic E-state index is -0.379. The van der Waals surface area contributed by atoms with Crippen LogP contribution in [0.25, 0.3) is 0 Å². The van der Waals surface area contributed by atoms with Crippen LogP contribution in [-0.2, 0) is 4.79 Å². The predicted octanol–water partition coefficient (Wildman–Crippen LogP) is 1.70. The maximum absolute atomic E-state index is 12.3. The Bertz CT molecular complexity index is 545. The Morgan fingerprint density at radius 3 is 1.88 bits per heavy atom. The zero-order valence-electron chi connectivity index (χ0n) is 15.0. The summed E-state index contributed by atoms with van der Waals surface area (Å²) in [4.78, 5) is 25.3. The second kappa shape index (κ2) is 9.64. The van der Waals surface area contributed by atoms with E-state index in [-0.39, 0.29) is 18.4 Å². The molecule has 0 saturated carbocycles. The SMILES string of the molecule is CCOc1cc(C(=O)NCC(=O)N(C)C)cc(OCC)c1OCC. The fourth-order valence-electron chi connectivity index (χ4n) is 1.94. The fraction of sp³-hybridized carbons (Fsp3) is 0.529. The second-order valence-electron chi connectivity index (χ2n) is 5.07. The van der Waals surface area contributed by atoms with Gasteiger partial charge < -0.3 is 24.4 Å². The third kappa shape index (κ3) is 5.33. The number of amides is 2. The van der Waals surface area contributed by atoms with E-state index in [1.54, 1.807) is 26.2 Å². The van der Waals surface area contributed by atoms with Gasteiger partial charge in [-0.05, 0) is 32.9 Å². The van der Waals surface area contributed by atoms with E-state index < -0.39 is 0 Å². The van der Waals surface area contributed by atoms with Crippen LogP contribution < -0.4 is 19.5 Å². The zero-order chi connectivity index (χ0) is 18.1. The highest BCUT2D eigenvalue weighted by Crippen LogP contribution is 2.39. The number of nitrogens with zero attached hydrogens (tertiary/aromatic N) is 1. The molecule has 134 valence electrons. The van der Waals surface area contributed by atoms with Crippen molar-refractivity contribution < 1.29 is 23.8 Å². The van der Waals surface area contributed by atoms with Gasteiger partial charge in [-0.15, -0.1) is 0 Å². The third-order valence-corrected chi connectivity index (χ3v) is 3.07. The van der Waals surface area contributed by atoms with Gasteiger partial charge in [-0.3, -0.25) is 9.59 Å². The molecule has 0 aromatic heterocycles. The quantitative estimate of drug-likeness (QED) is 0.741. The molecule has 0 heterocycles. The first kappa shape index (κ1) is 19.6. The summed E-state index contributed by atoms with van der Waals surface area (Å²) >= 11 is 0. The standard InChI is InChI=1S/C17H26N2O5/c1-6-22-13-9-12(17(21)18-11-15(20)19(4)5)10-14(23-7-2)16(13)24-8-3/h9-10H,6-8,11H2,1-5H3,(H,18,21). The molecule has 0 bridgehead atoms. The third-order valence-electron chi connectivity index (χ3n) is 3.07. The first-order valence-electron chi connectivity index (χ1n) is 7.99. The van der Waals surface area contributed by atoms with E-state index in [0.717, 1.165) is 0 Å². The summed E-state index contributed by atoms with van der Waals surface area (Å²) < 4.78 is 16.7. The molecule has 7 heteroatoms. The van der Waals surface area contributed by atoms with E-state index in [0.29, 0.717) is 42.6 Å². The van der Waals surface area contributed by atoms with Crippen LogP contribution in [0.3, 0.4) is 0 Å². The van der Waals surface area contributed by atoms with Gasteiger partial charge in [-0.25, -0.2) is 0 Å². The van der Waals surface area contributed by atoms with Crippen LogP contribution in [0.1, 0.15) is 31.1 Å². The molecule has 0 fully saturated rings. The lowest BCUT2D eigenvalue weighted by atomic mass is 10.1. The fourth-order valence-corrected chi connectivity index (χ4v) is 1.94. The number of carbonyl (C=O) groups is 2. The molecule has 0 radical (unpaired) electrons. The molecule has 1 aromatic rings. The predicted molar refractivity (Wildman–Crippen MR) is 91.0 cm³/mol.